The first-order chi connectivity index (χ1) is 8.61. The van der Waals surface area contributed by atoms with Crippen molar-refractivity contribution in [3.05, 3.63) is 16.1 Å². The molecule has 0 aromatic carbocycles. The van der Waals surface area contributed by atoms with Crippen LogP contribution in [0.3, 0.4) is 0 Å². The summed E-state index contributed by atoms with van der Waals surface area (Å²) in [6.45, 7) is 11.8. The lowest BCUT2D eigenvalue weighted by Gasteiger charge is -2.34. The molecule has 0 aliphatic carbocycles. The van der Waals surface area contributed by atoms with Crippen molar-refractivity contribution in [2.24, 2.45) is 0 Å². The fourth-order valence-electron chi connectivity index (χ4n) is 2.17. The van der Waals surface area contributed by atoms with Crippen LogP contribution in [0.25, 0.3) is 0 Å². The minimum absolute atomic E-state index is 0.170. The lowest BCUT2D eigenvalue weighted by atomic mass is 10.1. The highest BCUT2D eigenvalue weighted by atomic mass is 32.1. The van der Waals surface area contributed by atoms with Crippen molar-refractivity contribution in [2.75, 3.05) is 19.7 Å². The predicted molar refractivity (Wildman–Crippen MR) is 76.2 cm³/mol. The lowest BCUT2D eigenvalue weighted by Crippen LogP contribution is -2.42. The molecule has 1 fully saturated rings. The zero-order valence-electron chi connectivity index (χ0n) is 11.8. The number of morpholine rings is 1. The maximum absolute atomic E-state index is 5.88. The Hall–Kier alpha value is -0.450. The van der Waals surface area contributed by atoms with E-state index >= 15 is 0 Å². The maximum atomic E-state index is 5.88. The number of hydrogen-bond acceptors (Lipinski definition) is 4. The topological polar surface area (TPSA) is 25.4 Å². The molecule has 2 atom stereocenters. The van der Waals surface area contributed by atoms with Gasteiger partial charge in [0, 0.05) is 24.5 Å². The van der Waals surface area contributed by atoms with Gasteiger partial charge in [-0.1, -0.05) is 13.8 Å². The summed E-state index contributed by atoms with van der Waals surface area (Å²) in [7, 11) is 0. The van der Waals surface area contributed by atoms with E-state index in [1.165, 1.54) is 5.69 Å². The average molecular weight is 268 g/mol. The van der Waals surface area contributed by atoms with Gasteiger partial charge in [0.05, 0.1) is 12.3 Å². The van der Waals surface area contributed by atoms with Crippen LogP contribution in [0.2, 0.25) is 0 Å². The molecule has 1 aromatic heterocycles. The Balaban J connectivity index is 2.04. The second kappa shape index (κ2) is 6.13. The molecule has 0 N–H and O–H groups in total. The Morgan fingerprint density at radius 1 is 1.50 bits per heavy atom. The van der Waals surface area contributed by atoms with Gasteiger partial charge in [-0.25, -0.2) is 4.98 Å². The molecular weight excluding hydrogens is 244 g/mol. The van der Waals surface area contributed by atoms with Gasteiger partial charge in [-0.05, 0) is 26.2 Å². The van der Waals surface area contributed by atoms with E-state index in [0.29, 0.717) is 12.0 Å². The summed E-state index contributed by atoms with van der Waals surface area (Å²) >= 11 is 1.75. The van der Waals surface area contributed by atoms with Crippen molar-refractivity contribution in [3.63, 3.8) is 0 Å². The smallest absolute Gasteiger partial charge is 0.123 e. The van der Waals surface area contributed by atoms with E-state index in [4.69, 9.17) is 9.72 Å². The van der Waals surface area contributed by atoms with Crippen molar-refractivity contribution in [2.45, 2.75) is 52.2 Å². The molecule has 1 aliphatic rings. The first-order valence-electron chi connectivity index (χ1n) is 6.92. The zero-order valence-corrected chi connectivity index (χ0v) is 12.7. The first kappa shape index (κ1) is 14.0. The summed E-state index contributed by atoms with van der Waals surface area (Å²) in [6, 6.07) is 0.588. The van der Waals surface area contributed by atoms with Gasteiger partial charge >= 0.3 is 0 Å². The van der Waals surface area contributed by atoms with E-state index in [9.17, 15) is 0 Å². The van der Waals surface area contributed by atoms with Gasteiger partial charge < -0.3 is 4.74 Å². The molecule has 3 nitrogen and oxygen atoms in total. The van der Waals surface area contributed by atoms with Gasteiger partial charge in [0.25, 0.3) is 0 Å². The zero-order chi connectivity index (χ0) is 13.1. The van der Waals surface area contributed by atoms with Crippen LogP contribution in [0.5, 0.6) is 0 Å². The van der Waals surface area contributed by atoms with E-state index in [2.05, 4.69) is 38.0 Å². The summed E-state index contributed by atoms with van der Waals surface area (Å²) in [5.74, 6) is 0.555. The molecule has 18 heavy (non-hydrogen) atoms. The van der Waals surface area contributed by atoms with Crippen molar-refractivity contribution >= 4 is 11.3 Å². The van der Waals surface area contributed by atoms with Crippen LogP contribution in [0.1, 0.15) is 56.8 Å². The second-order valence-corrected chi connectivity index (χ2v) is 6.26. The molecule has 4 heteroatoms. The van der Waals surface area contributed by atoms with Gasteiger partial charge in [0.2, 0.25) is 0 Å². The van der Waals surface area contributed by atoms with Crippen molar-refractivity contribution in [3.8, 4) is 0 Å². The highest BCUT2D eigenvalue weighted by Crippen LogP contribution is 2.29. The van der Waals surface area contributed by atoms with Crippen molar-refractivity contribution < 1.29 is 4.74 Å². The molecule has 1 aromatic rings. The Bertz CT molecular complexity index is 378. The molecular formula is C14H24N2OS. The molecule has 0 spiro atoms. The van der Waals surface area contributed by atoms with Crippen LogP contribution in [-0.2, 0) is 4.74 Å². The number of thiazole rings is 1. The van der Waals surface area contributed by atoms with E-state index in [1.807, 2.05) is 0 Å². The number of aromatic nitrogens is 1. The molecule has 0 amide bonds. The van der Waals surface area contributed by atoms with Gasteiger partial charge in [-0.15, -0.1) is 11.3 Å². The summed E-state index contributed by atoms with van der Waals surface area (Å²) in [5, 5.41) is 3.34. The van der Waals surface area contributed by atoms with Gasteiger partial charge in [0.15, 0.2) is 0 Å². The third-order valence-corrected chi connectivity index (χ3v) is 4.72. The van der Waals surface area contributed by atoms with Gasteiger partial charge in [-0.2, -0.15) is 0 Å². The molecule has 2 rings (SSSR count). The summed E-state index contributed by atoms with van der Waals surface area (Å²) in [5.41, 5.74) is 1.22. The van der Waals surface area contributed by atoms with Crippen LogP contribution < -0.4 is 0 Å². The fraction of sp³-hybridized carbons (Fsp3) is 0.786. The van der Waals surface area contributed by atoms with Crippen LogP contribution in [0.4, 0.5) is 0 Å². The SMILES string of the molecule is CCC(C)c1csc(C2CN(C(C)C)CCO2)n1. The standard InChI is InChI=1S/C14H24N2OS/c1-5-11(4)12-9-18-14(15-12)13-8-16(10(2)3)6-7-17-13/h9-11,13H,5-8H2,1-4H3. The van der Waals surface area contributed by atoms with E-state index in [1.54, 1.807) is 11.3 Å². The summed E-state index contributed by atoms with van der Waals surface area (Å²) in [6.07, 6.45) is 1.32. The molecule has 1 aliphatic heterocycles. The monoisotopic (exact) mass is 268 g/mol. The summed E-state index contributed by atoms with van der Waals surface area (Å²) in [4.78, 5) is 7.24. The number of ether oxygens (including phenoxy) is 1. The fourth-order valence-corrected chi connectivity index (χ4v) is 3.15. The quantitative estimate of drug-likeness (QED) is 0.836. The Morgan fingerprint density at radius 2 is 2.28 bits per heavy atom. The molecule has 102 valence electrons. The largest absolute Gasteiger partial charge is 0.368 e. The predicted octanol–water partition coefficient (Wildman–Crippen LogP) is 3.44. The Morgan fingerprint density at radius 3 is 2.94 bits per heavy atom. The third kappa shape index (κ3) is 3.11. The van der Waals surface area contributed by atoms with Gasteiger partial charge in [-0.3, -0.25) is 4.90 Å². The molecule has 0 saturated carbocycles. The van der Waals surface area contributed by atoms with Crippen LogP contribution >= 0.6 is 11.3 Å². The minimum Gasteiger partial charge on any atom is -0.368 e. The maximum Gasteiger partial charge on any atom is 0.123 e. The Labute approximate surface area is 114 Å². The highest BCUT2D eigenvalue weighted by Gasteiger charge is 2.26. The van der Waals surface area contributed by atoms with Gasteiger partial charge in [0.1, 0.15) is 11.1 Å². The Kier molecular flexibility index (Phi) is 4.76. The molecule has 0 radical (unpaired) electrons. The van der Waals surface area contributed by atoms with E-state index < -0.39 is 0 Å². The number of rotatable bonds is 4. The van der Waals surface area contributed by atoms with Crippen LogP contribution in [0.15, 0.2) is 5.38 Å². The van der Waals surface area contributed by atoms with Crippen molar-refractivity contribution in [1.29, 1.82) is 0 Å². The number of hydrogen-bond donors (Lipinski definition) is 0. The third-order valence-electron chi connectivity index (χ3n) is 3.76. The van der Waals surface area contributed by atoms with E-state index in [0.717, 1.165) is 31.1 Å². The van der Waals surface area contributed by atoms with E-state index in [-0.39, 0.29) is 6.10 Å². The second-order valence-electron chi connectivity index (χ2n) is 5.37. The highest BCUT2D eigenvalue weighted by molar-refractivity contribution is 7.09. The van der Waals surface area contributed by atoms with Crippen LogP contribution in [0, 0.1) is 0 Å². The first-order valence-corrected chi connectivity index (χ1v) is 7.80. The molecule has 1 saturated heterocycles. The molecule has 2 unspecified atom stereocenters. The number of nitrogens with zero attached hydrogens (tertiary/aromatic N) is 2. The van der Waals surface area contributed by atoms with Crippen molar-refractivity contribution in [1.82, 2.24) is 9.88 Å². The summed E-state index contributed by atoms with van der Waals surface area (Å²) < 4.78 is 5.88. The minimum atomic E-state index is 0.170. The van der Waals surface area contributed by atoms with Crippen LogP contribution in [-0.4, -0.2) is 35.6 Å². The average Bonchev–Trinajstić information content (AvgIpc) is 2.87. The molecule has 2 heterocycles. The normalized spacial score (nSPS) is 23.5. The lowest BCUT2D eigenvalue weighted by molar-refractivity contribution is -0.0403. The molecule has 0 bridgehead atoms.